The number of sulfonamides is 1. The first-order valence-corrected chi connectivity index (χ1v) is 16.2. The number of aliphatic carboxylic acids is 2. The number of pyridine rings is 1. The van der Waals surface area contributed by atoms with Crippen molar-refractivity contribution in [3.8, 4) is 0 Å². The molecule has 22 heteroatoms. The van der Waals surface area contributed by atoms with Gasteiger partial charge in [0.25, 0.3) is 10.0 Å². The number of benzene rings is 1. The van der Waals surface area contributed by atoms with Crippen LogP contribution < -0.4 is 5.73 Å². The Labute approximate surface area is 256 Å². The normalized spacial score (nSPS) is 12.8. The minimum absolute atomic E-state index is 0.157. The van der Waals surface area contributed by atoms with Crippen LogP contribution in [-0.2, 0) is 29.3 Å². The number of alkyl halides is 6. The number of amidine groups is 1. The third-order valence-corrected chi connectivity index (χ3v) is 11.5. The van der Waals surface area contributed by atoms with Gasteiger partial charge in [-0.1, -0.05) is 25.8 Å². The van der Waals surface area contributed by atoms with Crippen molar-refractivity contribution in [2.45, 2.75) is 31.2 Å². The SMILES string of the molecule is CSc1sc(C(=N)N)cc1S(=O)(=NS(=O)(=O)c1cccnc1)c1cccc(Br)c1.O=C(O)C(F)(F)F.O=C(O)C(F)(F)F. The van der Waals surface area contributed by atoms with Crippen molar-refractivity contribution in [3.05, 3.63) is 64.2 Å². The number of nitrogens with zero attached hydrogens (tertiary/aromatic N) is 2. The molecule has 3 rings (SSSR count). The topological polar surface area (TPSA) is 201 Å². The van der Waals surface area contributed by atoms with E-state index in [0.717, 1.165) is 6.20 Å². The Bertz CT molecular complexity index is 1680. The van der Waals surface area contributed by atoms with Gasteiger partial charge in [-0.25, -0.2) is 13.8 Å². The summed E-state index contributed by atoms with van der Waals surface area (Å²) in [7, 11) is -7.89. The van der Waals surface area contributed by atoms with Crippen LogP contribution in [0.1, 0.15) is 4.88 Å². The average Bonchev–Trinajstić information content (AvgIpc) is 3.34. The molecule has 2 aromatic heterocycles. The van der Waals surface area contributed by atoms with E-state index in [2.05, 4.69) is 24.7 Å². The number of carboxylic acids is 2. The summed E-state index contributed by atoms with van der Waals surface area (Å²) in [5.74, 6) is -5.71. The van der Waals surface area contributed by atoms with Crippen molar-refractivity contribution in [1.82, 2.24) is 4.98 Å². The van der Waals surface area contributed by atoms with Gasteiger partial charge in [0.2, 0.25) is 0 Å². The Morgan fingerprint density at radius 2 is 1.51 bits per heavy atom. The van der Waals surface area contributed by atoms with Crippen molar-refractivity contribution in [2.24, 2.45) is 9.50 Å². The number of nitrogen functional groups attached to an aromatic ring is 1. The van der Waals surface area contributed by atoms with Crippen LogP contribution in [0.15, 0.2) is 82.0 Å². The number of nitrogens with two attached hydrogens (primary N) is 1. The quantitative estimate of drug-likeness (QED) is 0.108. The Morgan fingerprint density at radius 3 is 1.91 bits per heavy atom. The summed E-state index contributed by atoms with van der Waals surface area (Å²) in [6, 6.07) is 10.8. The number of halogens is 7. The molecule has 0 saturated heterocycles. The third-order valence-electron chi connectivity index (χ3n) is 4.15. The summed E-state index contributed by atoms with van der Waals surface area (Å²) in [6.45, 7) is 0. The van der Waals surface area contributed by atoms with Crippen molar-refractivity contribution >= 4 is 76.6 Å². The molecule has 0 aliphatic heterocycles. The van der Waals surface area contributed by atoms with Gasteiger partial charge in [-0.15, -0.1) is 23.1 Å². The van der Waals surface area contributed by atoms with Gasteiger partial charge >= 0.3 is 24.3 Å². The molecule has 3 aromatic rings. The lowest BCUT2D eigenvalue weighted by atomic mass is 10.4. The molecule has 0 spiro atoms. The molecule has 0 saturated carbocycles. The average molecular weight is 760 g/mol. The molecule has 0 aliphatic carbocycles. The van der Waals surface area contributed by atoms with Gasteiger partial charge in [0.15, 0.2) is 0 Å². The highest BCUT2D eigenvalue weighted by atomic mass is 79.9. The van der Waals surface area contributed by atoms with E-state index in [9.17, 15) is 39.0 Å². The fourth-order valence-corrected chi connectivity index (χ4v) is 9.41. The lowest BCUT2D eigenvalue weighted by molar-refractivity contribution is -0.193. The van der Waals surface area contributed by atoms with Gasteiger partial charge < -0.3 is 15.9 Å². The van der Waals surface area contributed by atoms with Crippen LogP contribution >= 0.6 is 39.0 Å². The van der Waals surface area contributed by atoms with Crippen LogP contribution in [-0.4, -0.2) is 64.2 Å². The summed E-state index contributed by atoms with van der Waals surface area (Å²) in [6.07, 6.45) is -5.80. The molecule has 0 fully saturated rings. The second-order valence-corrected chi connectivity index (χ2v) is 14.2. The van der Waals surface area contributed by atoms with E-state index in [1.165, 1.54) is 47.5 Å². The number of hydrogen-bond donors (Lipinski definition) is 4. The van der Waals surface area contributed by atoms with Gasteiger partial charge in [-0.2, -0.15) is 34.8 Å². The van der Waals surface area contributed by atoms with Crippen LogP contribution in [0, 0.1) is 5.41 Å². The molecule has 0 aliphatic rings. The van der Waals surface area contributed by atoms with E-state index in [4.69, 9.17) is 30.9 Å². The van der Waals surface area contributed by atoms with E-state index in [0.29, 0.717) is 13.6 Å². The second-order valence-electron chi connectivity index (χ2n) is 7.21. The van der Waals surface area contributed by atoms with Crippen molar-refractivity contribution < 1.29 is 58.8 Å². The standard InChI is InChI=1S/C17H15BrN4O3S4.2C2HF3O2/c1-26-17-15(9-14(27-17)16(19)20)28(23,12-5-2-4-11(18)8-12)22-29(24,25)13-6-3-7-21-10-13;2*3-2(4,5)1(6)7/h2-10H,1H3,(H3,19,20);2*(H,6,7). The van der Waals surface area contributed by atoms with Crippen LogP contribution in [0.4, 0.5) is 26.3 Å². The zero-order valence-corrected chi connectivity index (χ0v) is 25.7. The molecule has 1 unspecified atom stereocenters. The first kappa shape index (κ1) is 37.8. The second kappa shape index (κ2) is 15.0. The molecule has 0 radical (unpaired) electrons. The van der Waals surface area contributed by atoms with Crippen molar-refractivity contribution in [1.29, 1.82) is 5.41 Å². The molecule has 5 N–H and O–H groups in total. The Hall–Kier alpha value is -3.21. The first-order valence-electron chi connectivity index (χ1n) is 10.4. The van der Waals surface area contributed by atoms with Gasteiger partial charge in [-0.05, 0) is 42.7 Å². The Kier molecular flexibility index (Phi) is 13.2. The highest BCUT2D eigenvalue weighted by Crippen LogP contribution is 2.39. The fourth-order valence-electron chi connectivity index (χ4n) is 2.36. The Balaban J connectivity index is 0.000000548. The number of carboxylic acid groups (broad SMARTS) is 2. The summed E-state index contributed by atoms with van der Waals surface area (Å²) in [4.78, 5) is 22.3. The number of thioether (sulfide) groups is 1. The fraction of sp³-hybridized carbons (Fsp3) is 0.143. The number of aromatic nitrogens is 1. The summed E-state index contributed by atoms with van der Waals surface area (Å²) >= 11 is 5.79. The minimum Gasteiger partial charge on any atom is -0.475 e. The summed E-state index contributed by atoms with van der Waals surface area (Å²) in [5.41, 5.74) is 5.60. The maximum atomic E-state index is 14.2. The largest absolute Gasteiger partial charge is 0.490 e. The molecule has 1 atom stereocenters. The molecule has 0 bridgehead atoms. The molecule has 0 amide bonds. The Morgan fingerprint density at radius 1 is 1.00 bits per heavy atom. The highest BCUT2D eigenvalue weighted by molar-refractivity contribution is 9.10. The zero-order valence-electron chi connectivity index (χ0n) is 20.9. The van der Waals surface area contributed by atoms with E-state index in [-0.39, 0.29) is 20.5 Å². The maximum Gasteiger partial charge on any atom is 0.490 e. The lowest BCUT2D eigenvalue weighted by Crippen LogP contribution is -2.21. The van der Waals surface area contributed by atoms with Crippen molar-refractivity contribution in [2.75, 3.05) is 6.26 Å². The van der Waals surface area contributed by atoms with E-state index < -0.39 is 44.0 Å². The van der Waals surface area contributed by atoms with Crippen LogP contribution in [0.25, 0.3) is 0 Å². The third kappa shape index (κ3) is 11.1. The smallest absolute Gasteiger partial charge is 0.475 e. The van der Waals surface area contributed by atoms with Gasteiger partial charge in [0.05, 0.1) is 18.9 Å². The predicted octanol–water partition coefficient (Wildman–Crippen LogP) is 5.45. The predicted molar refractivity (Wildman–Crippen MR) is 147 cm³/mol. The lowest BCUT2D eigenvalue weighted by Gasteiger charge is -2.11. The molecule has 236 valence electrons. The summed E-state index contributed by atoms with van der Waals surface area (Å²) < 4.78 is 109. The number of carbonyl (C=O) groups is 2. The zero-order chi connectivity index (χ0) is 33.4. The number of rotatable bonds is 6. The molecule has 11 nitrogen and oxygen atoms in total. The van der Waals surface area contributed by atoms with Crippen LogP contribution in [0.2, 0.25) is 0 Å². The van der Waals surface area contributed by atoms with Crippen molar-refractivity contribution in [3.63, 3.8) is 0 Å². The van der Waals surface area contributed by atoms with E-state index in [1.807, 2.05) is 0 Å². The highest BCUT2D eigenvalue weighted by Gasteiger charge is 2.39. The monoisotopic (exact) mass is 758 g/mol. The maximum absolute atomic E-state index is 14.2. The molecular weight excluding hydrogens is 742 g/mol. The first-order chi connectivity index (χ1) is 19.6. The minimum atomic E-state index is -5.08. The van der Waals surface area contributed by atoms with E-state index >= 15 is 0 Å². The number of thiophene rings is 1. The summed E-state index contributed by atoms with van der Waals surface area (Å²) in [5, 5.41) is 21.9. The molecule has 2 heterocycles. The van der Waals surface area contributed by atoms with Crippen LogP contribution in [0.3, 0.4) is 0 Å². The number of hydrogen-bond acceptors (Lipinski definition) is 9. The van der Waals surface area contributed by atoms with E-state index in [1.54, 1.807) is 30.5 Å². The van der Waals surface area contributed by atoms with Gasteiger partial charge in [-0.3, -0.25) is 10.4 Å². The molecule has 43 heavy (non-hydrogen) atoms. The van der Waals surface area contributed by atoms with Gasteiger partial charge in [0, 0.05) is 16.9 Å². The molecule has 1 aromatic carbocycles. The van der Waals surface area contributed by atoms with Crippen LogP contribution in [0.5, 0.6) is 0 Å². The number of nitrogens with one attached hydrogen (secondary N) is 1. The van der Waals surface area contributed by atoms with Gasteiger partial charge in [0.1, 0.15) is 20.5 Å². The molecular formula is C21H17BrF6N4O7S4.